The van der Waals surface area contributed by atoms with Crippen molar-refractivity contribution in [3.8, 4) is 0 Å². The van der Waals surface area contributed by atoms with Crippen molar-refractivity contribution in [1.29, 1.82) is 0 Å². The summed E-state index contributed by atoms with van der Waals surface area (Å²) < 4.78 is 5.83. The molecular weight excluding hydrogens is 260 g/mol. The van der Waals surface area contributed by atoms with E-state index in [9.17, 15) is 0 Å². The Labute approximate surface area is 131 Å². The van der Waals surface area contributed by atoms with Crippen molar-refractivity contribution >= 4 is 0 Å². The molecule has 1 heterocycles. The van der Waals surface area contributed by atoms with Crippen molar-refractivity contribution < 1.29 is 4.74 Å². The first-order valence-corrected chi connectivity index (χ1v) is 9.14. The molecule has 1 saturated heterocycles. The van der Waals surface area contributed by atoms with Crippen LogP contribution in [0.2, 0.25) is 0 Å². The monoisotopic (exact) mass is 296 g/mol. The van der Waals surface area contributed by atoms with E-state index in [1.54, 1.807) is 0 Å². The van der Waals surface area contributed by atoms with Crippen molar-refractivity contribution in [2.75, 3.05) is 32.8 Å². The molecule has 1 aliphatic heterocycles. The maximum Gasteiger partial charge on any atom is 0.0702 e. The van der Waals surface area contributed by atoms with E-state index in [1.165, 1.54) is 38.6 Å². The van der Waals surface area contributed by atoms with Crippen molar-refractivity contribution in [1.82, 2.24) is 10.2 Å². The summed E-state index contributed by atoms with van der Waals surface area (Å²) in [6.07, 6.45) is 7.11. The van der Waals surface area contributed by atoms with Crippen LogP contribution in [0.3, 0.4) is 0 Å². The predicted octanol–water partition coefficient (Wildman–Crippen LogP) is 3.29. The molecule has 1 N–H and O–H groups in total. The van der Waals surface area contributed by atoms with Crippen molar-refractivity contribution in [3.05, 3.63) is 0 Å². The van der Waals surface area contributed by atoms with E-state index in [1.807, 2.05) is 0 Å². The van der Waals surface area contributed by atoms with E-state index in [2.05, 4.69) is 37.9 Å². The molecule has 0 aromatic carbocycles. The minimum atomic E-state index is 0.433. The lowest BCUT2D eigenvalue weighted by Gasteiger charge is -2.46. The molecule has 3 heteroatoms. The Kier molecular flexibility index (Phi) is 6.51. The molecule has 0 amide bonds. The SMILES string of the molecule is CCNC1C(CN(CC)CC2CCCO2)CCCC1(C)C. The third-order valence-corrected chi connectivity index (χ3v) is 5.56. The first-order valence-electron chi connectivity index (χ1n) is 9.14. The number of ether oxygens (including phenoxy) is 1. The number of likely N-dealkylation sites (N-methyl/N-ethyl adjacent to an activating group) is 1. The van der Waals surface area contributed by atoms with Gasteiger partial charge in [-0.2, -0.15) is 0 Å². The molecule has 3 atom stereocenters. The third-order valence-electron chi connectivity index (χ3n) is 5.56. The zero-order valence-electron chi connectivity index (χ0n) is 14.7. The molecule has 0 aromatic heterocycles. The second kappa shape index (κ2) is 7.94. The van der Waals surface area contributed by atoms with E-state index in [0.29, 0.717) is 17.6 Å². The molecule has 2 fully saturated rings. The van der Waals surface area contributed by atoms with Crippen LogP contribution in [0.1, 0.15) is 59.8 Å². The largest absolute Gasteiger partial charge is 0.377 e. The Balaban J connectivity index is 1.93. The maximum absolute atomic E-state index is 5.83. The van der Waals surface area contributed by atoms with Crippen LogP contribution in [0, 0.1) is 11.3 Å². The summed E-state index contributed by atoms with van der Waals surface area (Å²) in [5, 5.41) is 3.79. The Hall–Kier alpha value is -0.120. The summed E-state index contributed by atoms with van der Waals surface area (Å²) in [5.41, 5.74) is 0.433. The smallest absolute Gasteiger partial charge is 0.0702 e. The molecule has 124 valence electrons. The van der Waals surface area contributed by atoms with E-state index >= 15 is 0 Å². The number of nitrogens with zero attached hydrogens (tertiary/aromatic N) is 1. The van der Waals surface area contributed by atoms with Crippen LogP contribution in [-0.2, 0) is 4.74 Å². The normalized spacial score (nSPS) is 32.7. The van der Waals surface area contributed by atoms with Gasteiger partial charge in [0.25, 0.3) is 0 Å². The lowest BCUT2D eigenvalue weighted by Crippen LogP contribution is -2.53. The number of nitrogens with one attached hydrogen (secondary N) is 1. The van der Waals surface area contributed by atoms with Crippen LogP contribution in [0.4, 0.5) is 0 Å². The highest BCUT2D eigenvalue weighted by Crippen LogP contribution is 2.39. The summed E-state index contributed by atoms with van der Waals surface area (Å²) in [7, 11) is 0. The van der Waals surface area contributed by atoms with Crippen molar-refractivity contribution in [2.45, 2.75) is 71.9 Å². The van der Waals surface area contributed by atoms with Gasteiger partial charge in [-0.3, -0.25) is 0 Å². The van der Waals surface area contributed by atoms with E-state index in [4.69, 9.17) is 4.74 Å². The third kappa shape index (κ3) is 4.67. The molecule has 1 saturated carbocycles. The Bertz CT molecular complexity index is 300. The molecule has 1 aliphatic carbocycles. The zero-order chi connectivity index (χ0) is 15.3. The van der Waals surface area contributed by atoms with Gasteiger partial charge < -0.3 is 15.0 Å². The van der Waals surface area contributed by atoms with Gasteiger partial charge in [0.05, 0.1) is 6.10 Å². The van der Waals surface area contributed by atoms with E-state index in [0.717, 1.165) is 32.2 Å². The Morgan fingerprint density at radius 1 is 1.14 bits per heavy atom. The number of rotatable bonds is 7. The molecule has 3 nitrogen and oxygen atoms in total. The van der Waals surface area contributed by atoms with Crippen LogP contribution in [-0.4, -0.2) is 49.8 Å². The van der Waals surface area contributed by atoms with Crippen LogP contribution < -0.4 is 5.32 Å². The standard InChI is InChI=1S/C18H36N2O/c1-5-19-17-15(9-7-11-18(17,3)4)13-20(6-2)14-16-10-8-12-21-16/h15-17,19H,5-14H2,1-4H3. The first kappa shape index (κ1) is 17.2. The minimum Gasteiger partial charge on any atom is -0.377 e. The van der Waals surface area contributed by atoms with Gasteiger partial charge in [0.15, 0.2) is 0 Å². The van der Waals surface area contributed by atoms with Crippen molar-refractivity contribution in [3.63, 3.8) is 0 Å². The highest BCUT2D eigenvalue weighted by molar-refractivity contribution is 4.94. The van der Waals surface area contributed by atoms with Gasteiger partial charge in [-0.05, 0) is 50.1 Å². The molecule has 0 bridgehead atoms. The van der Waals surface area contributed by atoms with E-state index < -0.39 is 0 Å². The number of hydrogen-bond acceptors (Lipinski definition) is 3. The van der Waals surface area contributed by atoms with Gasteiger partial charge in [0.1, 0.15) is 0 Å². The average molecular weight is 296 g/mol. The Morgan fingerprint density at radius 2 is 1.95 bits per heavy atom. The van der Waals surface area contributed by atoms with Gasteiger partial charge >= 0.3 is 0 Å². The second-order valence-electron chi connectivity index (χ2n) is 7.66. The summed E-state index contributed by atoms with van der Waals surface area (Å²) in [6.45, 7) is 15.0. The molecular formula is C18H36N2O. The molecule has 2 rings (SSSR count). The average Bonchev–Trinajstić information content (AvgIpc) is 2.94. The quantitative estimate of drug-likeness (QED) is 0.780. The highest BCUT2D eigenvalue weighted by atomic mass is 16.5. The second-order valence-corrected chi connectivity index (χ2v) is 7.66. The summed E-state index contributed by atoms with van der Waals surface area (Å²) in [4.78, 5) is 2.63. The fraction of sp³-hybridized carbons (Fsp3) is 1.00. The topological polar surface area (TPSA) is 24.5 Å². The molecule has 21 heavy (non-hydrogen) atoms. The Morgan fingerprint density at radius 3 is 2.57 bits per heavy atom. The molecule has 3 unspecified atom stereocenters. The molecule has 2 aliphatic rings. The van der Waals surface area contributed by atoms with Gasteiger partial charge in [-0.1, -0.05) is 34.1 Å². The van der Waals surface area contributed by atoms with E-state index in [-0.39, 0.29) is 0 Å². The van der Waals surface area contributed by atoms with Gasteiger partial charge in [0.2, 0.25) is 0 Å². The van der Waals surface area contributed by atoms with Crippen LogP contribution in [0.25, 0.3) is 0 Å². The minimum absolute atomic E-state index is 0.433. The predicted molar refractivity (Wildman–Crippen MR) is 89.7 cm³/mol. The summed E-state index contributed by atoms with van der Waals surface area (Å²) in [6, 6.07) is 0.662. The molecule has 0 radical (unpaired) electrons. The fourth-order valence-corrected chi connectivity index (χ4v) is 4.38. The van der Waals surface area contributed by atoms with Gasteiger partial charge in [-0.25, -0.2) is 0 Å². The maximum atomic E-state index is 5.83. The summed E-state index contributed by atoms with van der Waals surface area (Å²) in [5.74, 6) is 0.787. The molecule has 0 aromatic rings. The highest BCUT2D eigenvalue weighted by Gasteiger charge is 2.39. The van der Waals surface area contributed by atoms with Crippen LogP contribution in [0.5, 0.6) is 0 Å². The van der Waals surface area contributed by atoms with Gasteiger partial charge in [0, 0.05) is 25.7 Å². The van der Waals surface area contributed by atoms with Gasteiger partial charge in [-0.15, -0.1) is 0 Å². The first-order chi connectivity index (χ1) is 10.1. The lowest BCUT2D eigenvalue weighted by molar-refractivity contribution is 0.0453. The fourth-order valence-electron chi connectivity index (χ4n) is 4.38. The van der Waals surface area contributed by atoms with Crippen molar-refractivity contribution in [2.24, 2.45) is 11.3 Å². The molecule has 0 spiro atoms. The zero-order valence-corrected chi connectivity index (χ0v) is 14.7. The number of hydrogen-bond donors (Lipinski definition) is 1. The summed E-state index contributed by atoms with van der Waals surface area (Å²) >= 11 is 0. The lowest BCUT2D eigenvalue weighted by atomic mass is 9.67. The van der Waals surface area contributed by atoms with Crippen LogP contribution in [0.15, 0.2) is 0 Å². The van der Waals surface area contributed by atoms with Crippen LogP contribution >= 0.6 is 0 Å².